The van der Waals surface area contributed by atoms with E-state index in [-0.39, 0.29) is 36.4 Å². The summed E-state index contributed by atoms with van der Waals surface area (Å²) in [6, 6.07) is 4.25. The van der Waals surface area contributed by atoms with Crippen molar-refractivity contribution in [2.75, 3.05) is 6.61 Å². The van der Waals surface area contributed by atoms with Crippen LogP contribution in [0.25, 0.3) is 5.57 Å². The van der Waals surface area contributed by atoms with Gasteiger partial charge in [0.1, 0.15) is 5.76 Å². The first-order valence-corrected chi connectivity index (χ1v) is 10.8. The van der Waals surface area contributed by atoms with Crippen LogP contribution in [0.5, 0.6) is 0 Å². The molecule has 2 fully saturated rings. The standard InChI is InChI=1S/C25H28O5/c1-5-8-11-28-25(27)30-24-21-18-10-9-17(29-18)20(21)23(26)22(24)19-15(6-2)12-14(4)13-16(19)7-3/h12-13,17-18,20-21H,6-7,9-11H2,1-4H3/t17-,18+,20-,21+/m0/s1. The van der Waals surface area contributed by atoms with Gasteiger partial charge in [0.05, 0.1) is 29.6 Å². The fourth-order valence-electron chi connectivity index (χ4n) is 5.27. The summed E-state index contributed by atoms with van der Waals surface area (Å²) in [6.45, 7) is 7.89. The van der Waals surface area contributed by atoms with Gasteiger partial charge in [-0.25, -0.2) is 4.79 Å². The van der Waals surface area contributed by atoms with E-state index >= 15 is 0 Å². The molecule has 1 aliphatic carbocycles. The summed E-state index contributed by atoms with van der Waals surface area (Å²) in [7, 11) is 0. The average Bonchev–Trinajstić information content (AvgIpc) is 3.41. The number of rotatable bonds is 5. The molecule has 3 aliphatic rings. The van der Waals surface area contributed by atoms with E-state index in [0.717, 1.165) is 42.4 Å². The highest BCUT2D eigenvalue weighted by Gasteiger charge is 2.60. The Labute approximate surface area is 177 Å². The fourth-order valence-corrected chi connectivity index (χ4v) is 5.27. The van der Waals surface area contributed by atoms with E-state index in [9.17, 15) is 9.59 Å². The van der Waals surface area contributed by atoms with Gasteiger partial charge in [0.2, 0.25) is 0 Å². The number of carbonyl (C=O) groups is 2. The Morgan fingerprint density at radius 2 is 1.77 bits per heavy atom. The van der Waals surface area contributed by atoms with Crippen molar-refractivity contribution in [3.63, 3.8) is 0 Å². The number of Topliss-reactive ketones (excluding diaryl/α,β-unsaturated/α-hetero) is 1. The van der Waals surface area contributed by atoms with Crippen LogP contribution < -0.4 is 0 Å². The summed E-state index contributed by atoms with van der Waals surface area (Å²) in [5.74, 6) is 5.36. The van der Waals surface area contributed by atoms with Crippen molar-refractivity contribution in [1.29, 1.82) is 0 Å². The van der Waals surface area contributed by atoms with Gasteiger partial charge in [-0.15, -0.1) is 5.92 Å². The molecule has 5 heteroatoms. The van der Waals surface area contributed by atoms with Crippen LogP contribution in [0.3, 0.4) is 0 Å². The van der Waals surface area contributed by atoms with Crippen molar-refractivity contribution < 1.29 is 23.8 Å². The first-order valence-electron chi connectivity index (χ1n) is 10.8. The predicted octanol–water partition coefficient (Wildman–Crippen LogP) is 4.38. The van der Waals surface area contributed by atoms with Crippen molar-refractivity contribution in [2.45, 2.75) is 65.6 Å². The molecule has 2 aliphatic heterocycles. The first kappa shape index (κ1) is 20.7. The minimum Gasteiger partial charge on any atom is -0.421 e. The van der Waals surface area contributed by atoms with Crippen LogP contribution >= 0.6 is 0 Å². The van der Waals surface area contributed by atoms with Gasteiger partial charge in [0.15, 0.2) is 12.4 Å². The van der Waals surface area contributed by atoms with Gasteiger partial charge in [-0.1, -0.05) is 37.5 Å². The summed E-state index contributed by atoms with van der Waals surface area (Å²) in [4.78, 5) is 26.1. The van der Waals surface area contributed by atoms with Crippen LogP contribution in [0.2, 0.25) is 0 Å². The normalized spacial score (nSPS) is 26.5. The van der Waals surface area contributed by atoms with Crippen molar-refractivity contribution >= 4 is 17.5 Å². The van der Waals surface area contributed by atoms with E-state index in [4.69, 9.17) is 14.2 Å². The minimum absolute atomic E-state index is 0.0342. The molecule has 2 bridgehead atoms. The summed E-state index contributed by atoms with van der Waals surface area (Å²) < 4.78 is 16.9. The highest BCUT2D eigenvalue weighted by atomic mass is 16.7. The average molecular weight is 408 g/mol. The molecule has 1 aromatic carbocycles. The molecule has 30 heavy (non-hydrogen) atoms. The second-order valence-electron chi connectivity index (χ2n) is 8.18. The maximum Gasteiger partial charge on any atom is 0.514 e. The quantitative estimate of drug-likeness (QED) is 0.534. The topological polar surface area (TPSA) is 61.8 Å². The van der Waals surface area contributed by atoms with E-state index in [1.165, 1.54) is 5.56 Å². The van der Waals surface area contributed by atoms with Crippen LogP contribution in [0.15, 0.2) is 17.9 Å². The van der Waals surface area contributed by atoms with Gasteiger partial charge >= 0.3 is 6.16 Å². The predicted molar refractivity (Wildman–Crippen MR) is 113 cm³/mol. The zero-order valence-electron chi connectivity index (χ0n) is 18.0. The minimum atomic E-state index is -0.815. The molecule has 4 atom stereocenters. The number of aryl methyl sites for hydroxylation is 3. The number of hydrogen-bond acceptors (Lipinski definition) is 5. The number of hydrogen-bond donors (Lipinski definition) is 0. The monoisotopic (exact) mass is 408 g/mol. The molecule has 0 radical (unpaired) electrons. The van der Waals surface area contributed by atoms with E-state index in [1.807, 2.05) is 0 Å². The maximum absolute atomic E-state index is 13.7. The van der Waals surface area contributed by atoms with Gasteiger partial charge < -0.3 is 14.2 Å². The van der Waals surface area contributed by atoms with Gasteiger partial charge in [0.25, 0.3) is 0 Å². The van der Waals surface area contributed by atoms with Crippen LogP contribution in [-0.4, -0.2) is 30.8 Å². The van der Waals surface area contributed by atoms with Crippen LogP contribution in [0.1, 0.15) is 55.9 Å². The first-order chi connectivity index (χ1) is 14.5. The Balaban J connectivity index is 1.83. The molecular weight excluding hydrogens is 380 g/mol. The Hall–Kier alpha value is -2.58. The number of benzene rings is 1. The van der Waals surface area contributed by atoms with E-state index in [0.29, 0.717) is 11.3 Å². The van der Waals surface area contributed by atoms with Gasteiger partial charge in [0, 0.05) is 0 Å². The lowest BCUT2D eigenvalue weighted by Gasteiger charge is -2.21. The third-order valence-electron chi connectivity index (χ3n) is 6.46. The second-order valence-corrected chi connectivity index (χ2v) is 8.18. The molecule has 0 spiro atoms. The number of allylic oxidation sites excluding steroid dienone is 1. The summed E-state index contributed by atoms with van der Waals surface area (Å²) in [5.41, 5.74) is 4.87. The maximum atomic E-state index is 13.7. The number of carbonyl (C=O) groups excluding carboxylic acids is 2. The van der Waals surface area contributed by atoms with E-state index < -0.39 is 6.16 Å². The second kappa shape index (κ2) is 8.28. The van der Waals surface area contributed by atoms with Crippen molar-refractivity contribution in [2.24, 2.45) is 11.8 Å². The smallest absolute Gasteiger partial charge is 0.421 e. The van der Waals surface area contributed by atoms with E-state index in [2.05, 4.69) is 44.7 Å². The Morgan fingerprint density at radius 3 is 2.37 bits per heavy atom. The van der Waals surface area contributed by atoms with Crippen LogP contribution in [0.4, 0.5) is 4.79 Å². The Bertz CT molecular complexity index is 952. The zero-order chi connectivity index (χ0) is 21.4. The van der Waals surface area contributed by atoms with Crippen molar-refractivity contribution in [1.82, 2.24) is 0 Å². The molecule has 158 valence electrons. The number of fused-ring (bicyclic) bond motifs is 5. The SMILES string of the molecule is CC#CCOC(=O)OC1=C(c2c(CC)cc(C)cc2CC)C(=O)[C@@H]2[C@H]1[C@H]1CC[C@@H]2O1. The summed E-state index contributed by atoms with van der Waals surface area (Å²) >= 11 is 0. The molecule has 0 N–H and O–H groups in total. The molecular formula is C25H28O5. The van der Waals surface area contributed by atoms with Crippen molar-refractivity contribution in [3.05, 3.63) is 40.1 Å². The van der Waals surface area contributed by atoms with Gasteiger partial charge in [-0.05, 0) is 56.2 Å². The lowest BCUT2D eigenvalue weighted by atomic mass is 9.80. The number of ether oxygens (including phenoxy) is 3. The van der Waals surface area contributed by atoms with Crippen LogP contribution in [0, 0.1) is 30.6 Å². The van der Waals surface area contributed by atoms with Crippen LogP contribution in [-0.2, 0) is 31.8 Å². The van der Waals surface area contributed by atoms with E-state index in [1.54, 1.807) is 6.92 Å². The molecule has 0 unspecified atom stereocenters. The summed E-state index contributed by atoms with van der Waals surface area (Å²) in [6.07, 6.45) is 2.36. The third kappa shape index (κ3) is 3.33. The summed E-state index contributed by atoms with van der Waals surface area (Å²) in [5, 5.41) is 0. The Morgan fingerprint density at radius 1 is 1.13 bits per heavy atom. The zero-order valence-corrected chi connectivity index (χ0v) is 18.0. The molecule has 2 heterocycles. The lowest BCUT2D eigenvalue weighted by Crippen LogP contribution is -2.30. The largest absolute Gasteiger partial charge is 0.514 e. The van der Waals surface area contributed by atoms with Gasteiger partial charge in [-0.3, -0.25) is 4.79 Å². The molecule has 0 amide bonds. The molecule has 5 nitrogen and oxygen atoms in total. The highest BCUT2D eigenvalue weighted by Crippen LogP contribution is 2.55. The molecule has 2 saturated heterocycles. The third-order valence-corrected chi connectivity index (χ3v) is 6.46. The Kier molecular flexibility index (Phi) is 5.71. The molecule has 4 rings (SSSR count). The van der Waals surface area contributed by atoms with Gasteiger partial charge in [-0.2, -0.15) is 0 Å². The molecule has 0 saturated carbocycles. The highest BCUT2D eigenvalue weighted by molar-refractivity contribution is 6.26. The lowest BCUT2D eigenvalue weighted by molar-refractivity contribution is -0.118. The van der Waals surface area contributed by atoms with Crippen molar-refractivity contribution in [3.8, 4) is 11.8 Å². The molecule has 0 aromatic heterocycles. The fraction of sp³-hybridized carbons (Fsp3) is 0.520. The molecule has 1 aromatic rings. The number of ketones is 1.